The highest BCUT2D eigenvalue weighted by atomic mass is 35.5. The van der Waals surface area contributed by atoms with Crippen LogP contribution >= 0.6 is 23.2 Å². The quantitative estimate of drug-likeness (QED) is 0.359. The number of rotatable bonds is 4. The molecule has 3 heterocycles. The third-order valence-corrected chi connectivity index (χ3v) is 6.96. The third-order valence-electron chi connectivity index (χ3n) is 6.46. The number of H-pyrrole nitrogens is 1. The first-order valence-electron chi connectivity index (χ1n) is 11.6. The van der Waals surface area contributed by atoms with Crippen LogP contribution in [0.3, 0.4) is 0 Å². The summed E-state index contributed by atoms with van der Waals surface area (Å²) in [4.78, 5) is 29.5. The number of nitrogens with one attached hydrogen (secondary N) is 2. The van der Waals surface area contributed by atoms with E-state index in [1.165, 1.54) is 0 Å². The van der Waals surface area contributed by atoms with Gasteiger partial charge in [0.05, 0.1) is 11.4 Å². The van der Waals surface area contributed by atoms with Crippen LogP contribution in [0.1, 0.15) is 25.5 Å². The van der Waals surface area contributed by atoms with Gasteiger partial charge in [0.1, 0.15) is 17.8 Å². The van der Waals surface area contributed by atoms with Crippen LogP contribution in [0.25, 0.3) is 22.3 Å². The fourth-order valence-corrected chi connectivity index (χ4v) is 4.77. The second kappa shape index (κ2) is 9.76. The molecule has 1 aliphatic heterocycles. The van der Waals surface area contributed by atoms with Gasteiger partial charge in [-0.2, -0.15) is 0 Å². The number of anilines is 1. The van der Waals surface area contributed by atoms with Crippen molar-refractivity contribution in [2.45, 2.75) is 25.9 Å². The van der Waals surface area contributed by atoms with Crippen LogP contribution in [0.4, 0.5) is 10.6 Å². The van der Waals surface area contributed by atoms with E-state index in [-0.39, 0.29) is 18.1 Å². The maximum absolute atomic E-state index is 13.0. The number of piperazine rings is 1. The van der Waals surface area contributed by atoms with E-state index in [1.54, 1.807) is 6.33 Å². The van der Waals surface area contributed by atoms with E-state index >= 15 is 0 Å². The van der Waals surface area contributed by atoms with Gasteiger partial charge in [-0.05, 0) is 55.3 Å². The molecule has 2 aromatic carbocycles. The number of aromatic amines is 1. The fourth-order valence-electron chi connectivity index (χ4n) is 4.52. The molecule has 0 saturated carbocycles. The highest BCUT2D eigenvalue weighted by Crippen LogP contribution is 2.30. The van der Waals surface area contributed by atoms with Gasteiger partial charge in [-0.3, -0.25) is 0 Å². The van der Waals surface area contributed by atoms with Crippen LogP contribution in [0.5, 0.6) is 0 Å². The van der Waals surface area contributed by atoms with Crippen molar-refractivity contribution in [1.29, 1.82) is 0 Å². The van der Waals surface area contributed by atoms with Crippen LogP contribution < -0.4 is 10.2 Å². The number of hydrogen-bond acceptors (Lipinski definition) is 4. The summed E-state index contributed by atoms with van der Waals surface area (Å²) in [7, 11) is 0. The number of hydrogen-bond donors (Lipinski definition) is 2. The molecule has 0 bridgehead atoms. The molecule has 2 atom stereocenters. The van der Waals surface area contributed by atoms with E-state index < -0.39 is 0 Å². The number of carbonyl (C=O) groups is 1. The van der Waals surface area contributed by atoms with Crippen LogP contribution in [-0.4, -0.2) is 51.6 Å². The van der Waals surface area contributed by atoms with Crippen LogP contribution in [-0.2, 0) is 0 Å². The maximum atomic E-state index is 13.0. The molecule has 2 amide bonds. The normalized spacial score (nSPS) is 17.0. The summed E-state index contributed by atoms with van der Waals surface area (Å²) in [5.41, 5.74) is 3.79. The van der Waals surface area contributed by atoms with Crippen molar-refractivity contribution in [1.82, 2.24) is 25.2 Å². The zero-order valence-electron chi connectivity index (χ0n) is 19.5. The molecule has 1 aliphatic rings. The average molecular weight is 509 g/mol. The fraction of sp³-hybridized carbons (Fsp3) is 0.269. The number of halogens is 2. The zero-order valence-corrected chi connectivity index (χ0v) is 21.0. The topological polar surface area (TPSA) is 77.2 Å². The second-order valence-corrected chi connectivity index (χ2v) is 9.73. The van der Waals surface area contributed by atoms with Crippen molar-refractivity contribution in [2.24, 2.45) is 0 Å². The van der Waals surface area contributed by atoms with Gasteiger partial charge in [0.2, 0.25) is 0 Å². The predicted molar refractivity (Wildman–Crippen MR) is 141 cm³/mol. The summed E-state index contributed by atoms with van der Waals surface area (Å²) in [6.45, 7) is 5.99. The SMILES string of the molecule is CC(NC(=O)N1CCN(c2ncnc3[nH]c(-c4ccc(Cl)cc4)cc23)C[C@H]1C)c1ccc(Cl)cc1. The summed E-state index contributed by atoms with van der Waals surface area (Å²) >= 11 is 12.0. The monoisotopic (exact) mass is 508 g/mol. The van der Waals surface area contributed by atoms with Gasteiger partial charge in [-0.1, -0.05) is 47.5 Å². The molecule has 1 fully saturated rings. The lowest BCUT2D eigenvalue weighted by Gasteiger charge is -2.40. The highest BCUT2D eigenvalue weighted by molar-refractivity contribution is 6.30. The Balaban J connectivity index is 1.30. The highest BCUT2D eigenvalue weighted by Gasteiger charge is 2.30. The Kier molecular flexibility index (Phi) is 6.54. The minimum atomic E-state index is -0.113. The molecule has 2 N–H and O–H groups in total. The molecule has 0 radical (unpaired) electrons. The first kappa shape index (κ1) is 23.5. The van der Waals surface area contributed by atoms with Crippen molar-refractivity contribution in [3.8, 4) is 11.3 Å². The zero-order chi connectivity index (χ0) is 24.5. The van der Waals surface area contributed by atoms with Crippen molar-refractivity contribution < 1.29 is 4.79 Å². The lowest BCUT2D eigenvalue weighted by molar-refractivity contribution is 0.168. The number of aromatic nitrogens is 3. The minimum Gasteiger partial charge on any atom is -0.352 e. The van der Waals surface area contributed by atoms with Crippen molar-refractivity contribution in [3.05, 3.63) is 76.5 Å². The van der Waals surface area contributed by atoms with Gasteiger partial charge >= 0.3 is 6.03 Å². The number of amides is 2. The van der Waals surface area contributed by atoms with Crippen LogP contribution in [0, 0.1) is 0 Å². The number of benzene rings is 2. The van der Waals surface area contributed by atoms with Gasteiger partial charge in [0, 0.05) is 41.4 Å². The summed E-state index contributed by atoms with van der Waals surface area (Å²) in [6.07, 6.45) is 1.58. The number of nitrogens with zero attached hydrogens (tertiary/aromatic N) is 4. The standard InChI is InChI=1S/C26H26Cl2N6O/c1-16-14-33(11-12-34(16)26(35)31-17(2)18-3-7-20(27)8-4-18)25-22-13-23(32-24(22)29-15-30-25)19-5-9-21(28)10-6-19/h3-10,13,15-17H,11-12,14H2,1-2H3,(H,31,35)(H,29,30,32)/t16-,17?/m1/s1. The van der Waals surface area contributed by atoms with Crippen LogP contribution in [0.15, 0.2) is 60.9 Å². The number of carbonyl (C=O) groups excluding carboxylic acids is 1. The molecule has 7 nitrogen and oxygen atoms in total. The molecule has 2 aromatic heterocycles. The average Bonchev–Trinajstić information content (AvgIpc) is 3.29. The Labute approximate surface area is 214 Å². The Hall–Kier alpha value is -3.29. The van der Waals surface area contributed by atoms with E-state index in [0.717, 1.165) is 33.7 Å². The lowest BCUT2D eigenvalue weighted by Crippen LogP contribution is -2.57. The third kappa shape index (κ3) is 4.92. The first-order chi connectivity index (χ1) is 16.9. The van der Waals surface area contributed by atoms with Gasteiger partial charge in [-0.25, -0.2) is 14.8 Å². The minimum absolute atomic E-state index is 0.0147. The van der Waals surface area contributed by atoms with Gasteiger partial charge in [-0.15, -0.1) is 0 Å². The molecule has 1 saturated heterocycles. The molecule has 9 heteroatoms. The van der Waals surface area contributed by atoms with Gasteiger partial charge in [0.25, 0.3) is 0 Å². The van der Waals surface area contributed by atoms with E-state index in [0.29, 0.717) is 29.7 Å². The summed E-state index contributed by atoms with van der Waals surface area (Å²) in [6, 6.07) is 17.1. The molecule has 180 valence electrons. The molecular formula is C26H26Cl2N6O. The predicted octanol–water partition coefficient (Wildman–Crippen LogP) is 5.91. The molecular weight excluding hydrogens is 483 g/mol. The molecule has 0 aliphatic carbocycles. The second-order valence-electron chi connectivity index (χ2n) is 8.86. The molecule has 1 unspecified atom stereocenters. The summed E-state index contributed by atoms with van der Waals surface area (Å²) in [5.74, 6) is 0.868. The Morgan fingerprint density at radius 1 is 1.06 bits per heavy atom. The Morgan fingerprint density at radius 3 is 2.43 bits per heavy atom. The molecule has 5 rings (SSSR count). The Morgan fingerprint density at radius 2 is 1.74 bits per heavy atom. The van der Waals surface area contributed by atoms with Crippen LogP contribution in [0.2, 0.25) is 10.0 Å². The lowest BCUT2D eigenvalue weighted by atomic mass is 10.1. The summed E-state index contributed by atoms with van der Waals surface area (Å²) < 4.78 is 0. The van der Waals surface area contributed by atoms with Crippen molar-refractivity contribution in [3.63, 3.8) is 0 Å². The number of urea groups is 1. The van der Waals surface area contributed by atoms with Gasteiger partial charge < -0.3 is 20.1 Å². The smallest absolute Gasteiger partial charge is 0.318 e. The Bertz CT molecular complexity index is 1340. The molecule has 4 aromatic rings. The van der Waals surface area contributed by atoms with E-state index in [1.807, 2.05) is 60.4 Å². The van der Waals surface area contributed by atoms with E-state index in [2.05, 4.69) is 38.2 Å². The van der Waals surface area contributed by atoms with E-state index in [4.69, 9.17) is 23.2 Å². The van der Waals surface area contributed by atoms with Crippen molar-refractivity contribution >= 4 is 46.1 Å². The van der Waals surface area contributed by atoms with E-state index in [9.17, 15) is 4.79 Å². The number of fused-ring (bicyclic) bond motifs is 1. The molecule has 0 spiro atoms. The van der Waals surface area contributed by atoms with Crippen molar-refractivity contribution in [2.75, 3.05) is 24.5 Å². The largest absolute Gasteiger partial charge is 0.352 e. The molecule has 35 heavy (non-hydrogen) atoms. The maximum Gasteiger partial charge on any atom is 0.318 e. The first-order valence-corrected chi connectivity index (χ1v) is 12.3. The van der Waals surface area contributed by atoms with Gasteiger partial charge in [0.15, 0.2) is 0 Å². The summed E-state index contributed by atoms with van der Waals surface area (Å²) in [5, 5.41) is 5.45.